The molecule has 1 N–H and O–H groups in total. The smallest absolute Gasteiger partial charge is 0.335 e. The first-order valence-electron chi connectivity index (χ1n) is 6.74. The van der Waals surface area contributed by atoms with E-state index in [4.69, 9.17) is 0 Å². The lowest BCUT2D eigenvalue weighted by Gasteiger charge is -2.22. The maximum Gasteiger partial charge on any atom is 0.335 e. The molecule has 2 heteroatoms. The van der Waals surface area contributed by atoms with Crippen LogP contribution in [0.5, 0.6) is 0 Å². The molecule has 0 atom stereocenters. The molecule has 0 aliphatic rings. The Morgan fingerprint density at radius 3 is 2.00 bits per heavy atom. The van der Waals surface area contributed by atoms with Gasteiger partial charge in [0, 0.05) is 0 Å². The summed E-state index contributed by atoms with van der Waals surface area (Å²) in [6.45, 7) is 8.16. The zero-order valence-electron chi connectivity index (χ0n) is 12.4. The molecular weight excluding hydrogens is 248 g/mol. The number of aromatic carboxylic acids is 1. The third-order valence-electron chi connectivity index (χ3n) is 3.44. The molecule has 0 bridgehead atoms. The van der Waals surface area contributed by atoms with Crippen molar-refractivity contribution >= 4 is 5.97 Å². The Balaban J connectivity index is 2.58. The highest BCUT2D eigenvalue weighted by molar-refractivity contribution is 5.91. The van der Waals surface area contributed by atoms with E-state index in [0.717, 1.165) is 16.7 Å². The Labute approximate surface area is 120 Å². The molecule has 0 amide bonds. The summed E-state index contributed by atoms with van der Waals surface area (Å²) in [4.78, 5) is 11.4. The first-order chi connectivity index (χ1) is 9.29. The van der Waals surface area contributed by atoms with Crippen molar-refractivity contribution in [3.63, 3.8) is 0 Å². The zero-order chi connectivity index (χ0) is 14.9. The van der Waals surface area contributed by atoms with Gasteiger partial charge >= 0.3 is 5.97 Å². The summed E-state index contributed by atoms with van der Waals surface area (Å²) in [6, 6.07) is 13.8. The van der Waals surface area contributed by atoms with Crippen molar-refractivity contribution < 1.29 is 9.90 Å². The minimum atomic E-state index is -0.870. The van der Waals surface area contributed by atoms with Gasteiger partial charge in [0.15, 0.2) is 0 Å². The van der Waals surface area contributed by atoms with Gasteiger partial charge in [-0.3, -0.25) is 0 Å². The predicted molar refractivity (Wildman–Crippen MR) is 82.3 cm³/mol. The largest absolute Gasteiger partial charge is 0.478 e. The fraction of sp³-hybridized carbons (Fsp3) is 0.278. The van der Waals surface area contributed by atoms with E-state index in [1.165, 1.54) is 5.56 Å². The fourth-order valence-corrected chi connectivity index (χ4v) is 2.28. The number of carboxylic acid groups (broad SMARTS) is 1. The number of benzene rings is 2. The van der Waals surface area contributed by atoms with E-state index >= 15 is 0 Å². The summed E-state index contributed by atoms with van der Waals surface area (Å²) < 4.78 is 0. The summed E-state index contributed by atoms with van der Waals surface area (Å²) in [7, 11) is 0. The van der Waals surface area contributed by atoms with E-state index in [2.05, 4.69) is 31.2 Å². The van der Waals surface area contributed by atoms with Crippen molar-refractivity contribution in [1.29, 1.82) is 0 Å². The summed E-state index contributed by atoms with van der Waals surface area (Å²) in [5, 5.41) is 9.33. The van der Waals surface area contributed by atoms with E-state index in [1.807, 2.05) is 32.9 Å². The van der Waals surface area contributed by atoms with Crippen molar-refractivity contribution in [2.24, 2.45) is 0 Å². The number of hydrogen-bond donors (Lipinski definition) is 1. The summed E-state index contributed by atoms with van der Waals surface area (Å²) in [5.74, 6) is -0.870. The molecule has 0 spiro atoms. The van der Waals surface area contributed by atoms with E-state index in [1.54, 1.807) is 6.07 Å². The first kappa shape index (κ1) is 14.3. The second-order valence-electron chi connectivity index (χ2n) is 6.18. The highest BCUT2D eigenvalue weighted by Crippen LogP contribution is 2.31. The molecule has 0 radical (unpaired) electrons. The molecule has 2 rings (SSSR count). The highest BCUT2D eigenvalue weighted by Gasteiger charge is 2.22. The van der Waals surface area contributed by atoms with Gasteiger partial charge < -0.3 is 5.11 Å². The highest BCUT2D eigenvalue weighted by atomic mass is 16.4. The Bertz CT molecular complexity index is 631. The number of carbonyl (C=O) groups is 1. The van der Waals surface area contributed by atoms with E-state index in [9.17, 15) is 9.90 Å². The SMILES string of the molecule is Cc1ccc(-c2ccc(C(=O)O)c(C(C)(C)C)c2)cc1. The van der Waals surface area contributed by atoms with Crippen LogP contribution in [0.25, 0.3) is 11.1 Å². The quantitative estimate of drug-likeness (QED) is 0.860. The van der Waals surface area contributed by atoms with Crippen LogP contribution in [0, 0.1) is 6.92 Å². The summed E-state index contributed by atoms with van der Waals surface area (Å²) >= 11 is 0. The normalized spacial score (nSPS) is 11.4. The van der Waals surface area contributed by atoms with Crippen molar-refractivity contribution in [3.05, 3.63) is 59.2 Å². The minimum Gasteiger partial charge on any atom is -0.478 e. The second kappa shape index (κ2) is 5.12. The standard InChI is InChI=1S/C18H20O2/c1-12-5-7-13(8-6-12)14-9-10-15(17(19)20)16(11-14)18(2,3)4/h5-11H,1-4H3,(H,19,20). The Morgan fingerprint density at radius 1 is 0.950 bits per heavy atom. The van der Waals surface area contributed by atoms with Gasteiger partial charge in [0.25, 0.3) is 0 Å². The van der Waals surface area contributed by atoms with Crippen molar-refractivity contribution in [1.82, 2.24) is 0 Å². The fourth-order valence-electron chi connectivity index (χ4n) is 2.28. The Hall–Kier alpha value is -2.09. The summed E-state index contributed by atoms with van der Waals surface area (Å²) in [6.07, 6.45) is 0. The topological polar surface area (TPSA) is 37.3 Å². The third kappa shape index (κ3) is 2.90. The minimum absolute atomic E-state index is 0.200. The predicted octanol–water partition coefficient (Wildman–Crippen LogP) is 4.66. The van der Waals surface area contributed by atoms with Crippen LogP contribution in [0.3, 0.4) is 0 Å². The average Bonchev–Trinajstić information content (AvgIpc) is 2.38. The van der Waals surface area contributed by atoms with Crippen molar-refractivity contribution in [2.75, 3.05) is 0 Å². The van der Waals surface area contributed by atoms with Gasteiger partial charge in [-0.1, -0.05) is 56.7 Å². The first-order valence-corrected chi connectivity index (χ1v) is 6.74. The van der Waals surface area contributed by atoms with Crippen molar-refractivity contribution in [2.45, 2.75) is 33.1 Å². The molecule has 0 heterocycles. The monoisotopic (exact) mass is 268 g/mol. The van der Waals surface area contributed by atoms with Gasteiger partial charge in [-0.25, -0.2) is 4.79 Å². The van der Waals surface area contributed by atoms with E-state index in [-0.39, 0.29) is 5.41 Å². The molecular formula is C18H20O2. The molecule has 0 saturated carbocycles. The maximum absolute atomic E-state index is 11.4. The van der Waals surface area contributed by atoms with Gasteiger partial charge in [-0.2, -0.15) is 0 Å². The second-order valence-corrected chi connectivity index (χ2v) is 6.18. The average molecular weight is 268 g/mol. The van der Waals surface area contributed by atoms with Gasteiger partial charge in [0.05, 0.1) is 5.56 Å². The summed E-state index contributed by atoms with van der Waals surface area (Å²) in [5.41, 5.74) is 4.43. The van der Waals surface area contributed by atoms with Crippen LogP contribution in [0.4, 0.5) is 0 Å². The van der Waals surface area contributed by atoms with Crippen LogP contribution in [0.15, 0.2) is 42.5 Å². The molecule has 2 aromatic rings. The Morgan fingerprint density at radius 2 is 1.50 bits per heavy atom. The van der Waals surface area contributed by atoms with Crippen LogP contribution >= 0.6 is 0 Å². The molecule has 0 saturated heterocycles. The molecule has 0 unspecified atom stereocenters. The van der Waals surface area contributed by atoms with E-state index < -0.39 is 5.97 Å². The van der Waals surface area contributed by atoms with Gasteiger partial charge in [-0.15, -0.1) is 0 Å². The molecule has 0 aromatic heterocycles. The lowest BCUT2D eigenvalue weighted by atomic mass is 9.82. The van der Waals surface area contributed by atoms with Gasteiger partial charge in [-0.05, 0) is 41.2 Å². The molecule has 104 valence electrons. The number of rotatable bonds is 2. The molecule has 20 heavy (non-hydrogen) atoms. The molecule has 0 aliphatic carbocycles. The number of hydrogen-bond acceptors (Lipinski definition) is 1. The lowest BCUT2D eigenvalue weighted by Crippen LogP contribution is -2.17. The van der Waals surface area contributed by atoms with Crippen LogP contribution < -0.4 is 0 Å². The van der Waals surface area contributed by atoms with Crippen LogP contribution in [-0.2, 0) is 5.41 Å². The molecule has 2 nitrogen and oxygen atoms in total. The lowest BCUT2D eigenvalue weighted by molar-refractivity contribution is 0.0694. The zero-order valence-corrected chi connectivity index (χ0v) is 12.4. The van der Waals surface area contributed by atoms with Crippen LogP contribution in [0.1, 0.15) is 42.3 Å². The van der Waals surface area contributed by atoms with Crippen molar-refractivity contribution in [3.8, 4) is 11.1 Å². The van der Waals surface area contributed by atoms with E-state index in [0.29, 0.717) is 5.56 Å². The maximum atomic E-state index is 11.4. The Kier molecular flexibility index (Phi) is 3.67. The molecule has 0 aliphatic heterocycles. The molecule has 2 aromatic carbocycles. The number of carboxylic acids is 1. The van der Waals surface area contributed by atoms with Crippen LogP contribution in [0.2, 0.25) is 0 Å². The van der Waals surface area contributed by atoms with Crippen LogP contribution in [-0.4, -0.2) is 11.1 Å². The van der Waals surface area contributed by atoms with Gasteiger partial charge in [0.1, 0.15) is 0 Å². The third-order valence-corrected chi connectivity index (χ3v) is 3.44. The number of aryl methyl sites for hydroxylation is 1. The molecule has 0 fully saturated rings. The van der Waals surface area contributed by atoms with Gasteiger partial charge in [0.2, 0.25) is 0 Å².